The van der Waals surface area contributed by atoms with Gasteiger partial charge in [-0.2, -0.15) is 5.10 Å². The number of ether oxygens (including phenoxy) is 1. The molecule has 2 unspecified atom stereocenters. The number of carbonyl (C=O) groups excluding carboxylic acids is 8. The molecule has 4 bridgehead atoms. The van der Waals surface area contributed by atoms with Crippen LogP contribution in [0.4, 0.5) is 21.4 Å². The van der Waals surface area contributed by atoms with Crippen molar-refractivity contribution in [1.29, 1.82) is 0 Å². The number of thiazole rings is 1. The topological polar surface area (TPSA) is 319 Å². The number of nitrogens with one attached hydrogen (secondary N) is 5. The first kappa shape index (κ1) is 69.2. The Morgan fingerprint density at radius 1 is 0.784 bits per heavy atom. The number of carboxylic acids is 1. The number of anilines is 3. The Labute approximate surface area is 568 Å². The highest BCUT2D eigenvalue weighted by Crippen LogP contribution is 2.71. The zero-order chi connectivity index (χ0) is 68.8. The molecule has 0 radical (unpaired) electrons. The van der Waals surface area contributed by atoms with Crippen LogP contribution in [-0.2, 0) is 59.6 Å². The van der Waals surface area contributed by atoms with E-state index in [1.807, 2.05) is 80.3 Å². The number of benzene rings is 3. The molecule has 4 fully saturated rings. The Bertz CT molecular complexity index is 3980. The Balaban J connectivity index is 0.655. The Kier molecular flexibility index (Phi) is 20.9. The van der Waals surface area contributed by atoms with Gasteiger partial charge in [0.05, 0.1) is 22.5 Å². The number of pyridine rings is 1. The molecule has 8 N–H and O–H groups in total. The number of carboxylic acid groups (broad SMARTS) is 1. The van der Waals surface area contributed by atoms with Crippen molar-refractivity contribution in [2.45, 2.75) is 169 Å². The van der Waals surface area contributed by atoms with E-state index in [-0.39, 0.29) is 114 Å². The first-order chi connectivity index (χ1) is 46.4. The number of unbranched alkanes of at least 4 members (excludes halogenated alkanes) is 2. The van der Waals surface area contributed by atoms with Crippen molar-refractivity contribution < 1.29 is 53.0 Å². The molecule has 4 saturated carbocycles. The summed E-state index contributed by atoms with van der Waals surface area (Å²) in [7, 11) is 0. The van der Waals surface area contributed by atoms with Crippen LogP contribution in [0.1, 0.15) is 167 Å². The van der Waals surface area contributed by atoms with Crippen molar-refractivity contribution >= 4 is 91.5 Å². The molecule has 6 aliphatic rings. The number of amides is 7. The van der Waals surface area contributed by atoms with E-state index in [1.54, 1.807) is 30.5 Å². The van der Waals surface area contributed by atoms with Crippen LogP contribution in [-0.4, -0.2) is 121 Å². The van der Waals surface area contributed by atoms with E-state index < -0.39 is 29.9 Å². The molecule has 0 saturated heterocycles. The number of ketones is 1. The number of hydrogen-bond acceptors (Lipinski definition) is 16. The molecule has 97 heavy (non-hydrogen) atoms. The molecule has 7 amide bonds. The lowest BCUT2D eigenvalue weighted by molar-refractivity contribution is -0.171. The molecule has 4 atom stereocenters. The average Bonchev–Trinajstić information content (AvgIpc) is 0.813. The van der Waals surface area contributed by atoms with Crippen LogP contribution in [0.25, 0.3) is 21.3 Å². The molecule has 5 heterocycles. The lowest BCUT2D eigenvalue weighted by atomic mass is 9.38. The number of esters is 1. The summed E-state index contributed by atoms with van der Waals surface area (Å²) in [5.74, 6) is -4.01. The maximum Gasteiger partial charge on any atom is 0.355 e. The van der Waals surface area contributed by atoms with Crippen LogP contribution in [0.2, 0.25) is 0 Å². The fraction of sp³-hybridized carbons (Fsp3) is 0.479. The number of nitrogens with zero attached hydrogens (tertiary/aromatic N) is 6. The van der Waals surface area contributed by atoms with Crippen LogP contribution in [0.15, 0.2) is 97.2 Å². The summed E-state index contributed by atoms with van der Waals surface area (Å²) >= 11 is 1.42. The monoisotopic (exact) mass is 1340 g/mol. The van der Waals surface area contributed by atoms with Gasteiger partial charge in [0.1, 0.15) is 12.4 Å². The second-order valence-corrected chi connectivity index (χ2v) is 29.7. The Morgan fingerprint density at radius 3 is 2.26 bits per heavy atom. The van der Waals surface area contributed by atoms with Crippen molar-refractivity contribution in [3.63, 3.8) is 0 Å². The van der Waals surface area contributed by atoms with Crippen molar-refractivity contribution in [1.82, 2.24) is 40.6 Å². The van der Waals surface area contributed by atoms with Gasteiger partial charge in [0.15, 0.2) is 16.6 Å². The van der Waals surface area contributed by atoms with E-state index in [9.17, 15) is 48.3 Å². The van der Waals surface area contributed by atoms with Gasteiger partial charge in [-0.3, -0.25) is 48.5 Å². The van der Waals surface area contributed by atoms with Gasteiger partial charge < -0.3 is 41.7 Å². The molecule has 3 aromatic heterocycles. The maximum atomic E-state index is 13.8. The van der Waals surface area contributed by atoms with Crippen molar-refractivity contribution in [2.75, 3.05) is 41.7 Å². The molecular formula is C73H88N12O11S. The van der Waals surface area contributed by atoms with Crippen molar-refractivity contribution in [3.05, 3.63) is 131 Å². The van der Waals surface area contributed by atoms with Gasteiger partial charge in [-0.15, -0.1) is 0 Å². The standard InChI is InChI=1S/C73H88N12O11S/c1-45(2)63(81-59(87)19-7-6-10-32-84-60(88)27-28-61(84)89)56(86)34-49(15-12-30-75-68(74)95)65(91)78-50-23-21-47(22-24-50)37-96-62(90)20-13-31-76-73-41-70(4)38-71(5,42-73)40-72(39-70,43-73)44-85-46(3)53(35-77-85)51-25-26-58(80-64(51)67(93)94)83-33-29-48-14-11-16-52(54(48)36-83)66(92)82-69-79-55-17-8-9-18-57(55)97-69/h8-9,11,14,16-18,21-28,35,45,49,63,76H,6-7,10,12-13,15,19-20,29-34,36-44H2,1-5H3,(H,78,91)(H,81,87)(H,93,94)(H3,74,75,95)(H,79,82,92)/t49-,63+,70?,71?,72?,73?/m1/s1. The molecule has 23 nitrogen and oxygen atoms in total. The number of fused-ring (bicyclic) bond motifs is 2. The number of aromatic carboxylic acids is 1. The summed E-state index contributed by atoms with van der Waals surface area (Å²) in [6.07, 6.45) is 14.2. The number of Topliss-reactive ketones (excluding diaryl/α,β-unsaturated/α-hetero) is 1. The van der Waals surface area contributed by atoms with Gasteiger partial charge in [0.2, 0.25) is 11.8 Å². The molecule has 3 aromatic carbocycles. The highest BCUT2D eigenvalue weighted by atomic mass is 32.1. The largest absolute Gasteiger partial charge is 0.476 e. The molecule has 0 spiro atoms. The normalized spacial score (nSPS) is 21.4. The van der Waals surface area contributed by atoms with E-state index >= 15 is 0 Å². The Morgan fingerprint density at radius 2 is 1.54 bits per heavy atom. The Hall–Kier alpha value is -9.16. The third-order valence-electron chi connectivity index (χ3n) is 20.1. The number of imide groups is 1. The van der Waals surface area contributed by atoms with Crippen LogP contribution < -0.4 is 37.2 Å². The number of primary amides is 1. The van der Waals surface area contributed by atoms with E-state index in [2.05, 4.69) is 50.1 Å². The highest BCUT2D eigenvalue weighted by molar-refractivity contribution is 7.22. The molecule has 12 rings (SSSR count). The minimum atomic E-state index is -1.14. The van der Waals surface area contributed by atoms with Gasteiger partial charge in [-0.25, -0.2) is 19.6 Å². The lowest BCUT2D eigenvalue weighted by Crippen LogP contribution is -2.68. The number of nitrogens with two attached hydrogens (primary N) is 1. The summed E-state index contributed by atoms with van der Waals surface area (Å²) in [6, 6.07) is 22.6. The van der Waals surface area contributed by atoms with Crippen LogP contribution in [0.3, 0.4) is 0 Å². The first-order valence-corrected chi connectivity index (χ1v) is 34.7. The van der Waals surface area contributed by atoms with Gasteiger partial charge in [-0.1, -0.05) is 81.9 Å². The zero-order valence-electron chi connectivity index (χ0n) is 55.9. The van der Waals surface area contributed by atoms with Gasteiger partial charge in [-0.05, 0) is 172 Å². The van der Waals surface area contributed by atoms with E-state index in [0.29, 0.717) is 98.0 Å². The summed E-state index contributed by atoms with van der Waals surface area (Å²) in [6.45, 7) is 13.3. The quantitative estimate of drug-likeness (QED) is 0.0121. The number of rotatable bonds is 31. The maximum absolute atomic E-state index is 13.8. The van der Waals surface area contributed by atoms with Crippen molar-refractivity contribution in [3.8, 4) is 11.1 Å². The molecule has 4 aliphatic carbocycles. The smallest absolute Gasteiger partial charge is 0.355 e. The predicted molar refractivity (Wildman–Crippen MR) is 368 cm³/mol. The second-order valence-electron chi connectivity index (χ2n) is 28.6. The van der Waals surface area contributed by atoms with Crippen LogP contribution >= 0.6 is 11.3 Å². The van der Waals surface area contributed by atoms with Crippen molar-refractivity contribution in [2.24, 2.45) is 33.8 Å². The molecule has 24 heteroatoms. The summed E-state index contributed by atoms with van der Waals surface area (Å²) in [5, 5.41) is 31.5. The lowest BCUT2D eigenvalue weighted by Gasteiger charge is -2.70. The fourth-order valence-electron chi connectivity index (χ4n) is 16.8. The highest BCUT2D eigenvalue weighted by Gasteiger charge is 2.65. The zero-order valence-corrected chi connectivity index (χ0v) is 56.7. The third-order valence-corrected chi connectivity index (χ3v) is 21.0. The minimum Gasteiger partial charge on any atom is -0.476 e. The molecule has 6 aromatic rings. The number of aromatic nitrogens is 4. The third kappa shape index (κ3) is 16.5. The number of urea groups is 1. The van der Waals surface area contributed by atoms with E-state index in [0.717, 1.165) is 76.0 Å². The fourth-order valence-corrected chi connectivity index (χ4v) is 17.7. The predicted octanol–water partition coefficient (Wildman–Crippen LogP) is 10.2. The molecule has 512 valence electrons. The molecule has 2 aliphatic heterocycles. The summed E-state index contributed by atoms with van der Waals surface area (Å²) in [5.41, 5.74) is 11.8. The van der Waals surface area contributed by atoms with Gasteiger partial charge in [0.25, 0.3) is 17.7 Å². The van der Waals surface area contributed by atoms with Gasteiger partial charge >= 0.3 is 18.0 Å². The van der Waals surface area contributed by atoms with E-state index in [4.69, 9.17) is 20.6 Å². The second kappa shape index (κ2) is 29.3. The summed E-state index contributed by atoms with van der Waals surface area (Å²) < 4.78 is 8.78. The summed E-state index contributed by atoms with van der Waals surface area (Å²) in [4.78, 5) is 129. The van der Waals surface area contributed by atoms with Crippen LogP contribution in [0, 0.1) is 35.0 Å². The minimum absolute atomic E-state index is 0.0351. The molecular weight excluding hydrogens is 1250 g/mol. The van der Waals surface area contributed by atoms with Crippen LogP contribution in [0.5, 0.6) is 0 Å². The average molecular weight is 1340 g/mol. The number of hydrogen-bond donors (Lipinski definition) is 7. The number of para-hydroxylation sites is 1. The SMILES string of the molecule is Cc1c(-c2ccc(N3CCc4cccc(C(=O)Nc5nc6ccccc6s5)c4C3)nc2C(=O)O)cnn1CC12CC3(C)CC(C)(C1)CC(NCCCC(=O)OCc1ccc(NC(=O)[C@H](CCCNC(N)=O)CC(=O)[C@@H](NC(=O)CCCCCN4C(=O)C=CC4=O)C(C)C)cc1)(C3)C2. The van der Waals surface area contributed by atoms with E-state index in [1.165, 1.54) is 23.5 Å². The van der Waals surface area contributed by atoms with Gasteiger partial charge in [0, 0.05) is 104 Å². The first-order valence-electron chi connectivity index (χ1n) is 33.9. The number of carbonyl (C=O) groups is 9.